The van der Waals surface area contributed by atoms with Crippen LogP contribution >= 0.6 is 11.3 Å². The molecule has 0 amide bonds. The molecule has 53 valence electrons. The summed E-state index contributed by atoms with van der Waals surface area (Å²) < 4.78 is 10.4. The van der Waals surface area contributed by atoms with Gasteiger partial charge in [-0.15, -0.1) is 11.3 Å². The van der Waals surface area contributed by atoms with Crippen molar-refractivity contribution < 1.29 is 9.47 Å². The topological polar surface area (TPSA) is 18.5 Å². The van der Waals surface area contributed by atoms with E-state index in [1.54, 1.807) is 11.3 Å². The normalized spacial score (nSPS) is 20.0. The average Bonchev–Trinajstić information content (AvgIpc) is 2.59. The molecule has 1 aliphatic heterocycles. The third kappa shape index (κ3) is 1.08. The first-order valence-corrected chi connectivity index (χ1v) is 4.01. The van der Waals surface area contributed by atoms with E-state index in [0.717, 1.165) is 4.88 Å². The molecular formula is C7H7O2S. The van der Waals surface area contributed by atoms with Crippen LogP contribution in [0.5, 0.6) is 0 Å². The molecule has 1 aromatic heterocycles. The Hall–Kier alpha value is -0.380. The maximum Gasteiger partial charge on any atom is 0.266 e. The summed E-state index contributed by atoms with van der Waals surface area (Å²) in [5, 5.41) is 2.01. The maximum absolute atomic E-state index is 5.20. The van der Waals surface area contributed by atoms with Crippen molar-refractivity contribution in [1.82, 2.24) is 0 Å². The number of thiophene rings is 1. The summed E-state index contributed by atoms with van der Waals surface area (Å²) >= 11 is 1.63. The van der Waals surface area contributed by atoms with Crippen LogP contribution < -0.4 is 0 Å². The number of hydrogen-bond acceptors (Lipinski definition) is 3. The van der Waals surface area contributed by atoms with Gasteiger partial charge in [-0.1, -0.05) is 6.07 Å². The zero-order chi connectivity index (χ0) is 6.81. The fourth-order valence-electron chi connectivity index (χ4n) is 0.847. The van der Waals surface area contributed by atoms with E-state index in [2.05, 4.69) is 0 Å². The molecule has 1 aromatic rings. The molecule has 0 N–H and O–H groups in total. The molecule has 0 aliphatic carbocycles. The Bertz CT molecular complexity index is 189. The van der Waals surface area contributed by atoms with Gasteiger partial charge in [-0.3, -0.25) is 0 Å². The smallest absolute Gasteiger partial charge is 0.266 e. The van der Waals surface area contributed by atoms with Gasteiger partial charge in [0.25, 0.3) is 6.29 Å². The highest BCUT2D eigenvalue weighted by Crippen LogP contribution is 2.25. The monoisotopic (exact) mass is 155 g/mol. The Morgan fingerprint density at radius 2 is 2.10 bits per heavy atom. The van der Waals surface area contributed by atoms with Crippen LogP contribution in [0.25, 0.3) is 0 Å². The summed E-state index contributed by atoms with van der Waals surface area (Å²) in [5.74, 6) is 0. The summed E-state index contributed by atoms with van der Waals surface area (Å²) in [5.41, 5.74) is 0. The van der Waals surface area contributed by atoms with Crippen molar-refractivity contribution in [2.24, 2.45) is 0 Å². The molecule has 0 spiro atoms. The molecule has 1 aliphatic rings. The van der Waals surface area contributed by atoms with Crippen LogP contribution in [0.4, 0.5) is 0 Å². The van der Waals surface area contributed by atoms with Gasteiger partial charge < -0.3 is 9.47 Å². The van der Waals surface area contributed by atoms with Crippen molar-refractivity contribution in [2.45, 2.75) is 0 Å². The van der Waals surface area contributed by atoms with Crippen molar-refractivity contribution in [1.29, 1.82) is 0 Å². The zero-order valence-corrected chi connectivity index (χ0v) is 6.19. The highest BCUT2D eigenvalue weighted by Gasteiger charge is 2.20. The number of hydrogen-bond donors (Lipinski definition) is 0. The van der Waals surface area contributed by atoms with E-state index in [9.17, 15) is 0 Å². The summed E-state index contributed by atoms with van der Waals surface area (Å²) in [6.07, 6.45) is 0.690. The first kappa shape index (κ1) is 6.34. The van der Waals surface area contributed by atoms with E-state index in [1.807, 2.05) is 17.5 Å². The Labute approximate surface area is 63.4 Å². The van der Waals surface area contributed by atoms with E-state index in [1.165, 1.54) is 0 Å². The van der Waals surface area contributed by atoms with Crippen LogP contribution in [-0.4, -0.2) is 13.2 Å². The molecule has 0 atom stereocenters. The second-order valence-electron chi connectivity index (χ2n) is 1.96. The molecule has 3 heteroatoms. The van der Waals surface area contributed by atoms with Crippen LogP contribution in [0, 0.1) is 6.29 Å². The van der Waals surface area contributed by atoms with Crippen LogP contribution in [0.2, 0.25) is 0 Å². The van der Waals surface area contributed by atoms with Crippen molar-refractivity contribution in [3.05, 3.63) is 28.7 Å². The van der Waals surface area contributed by atoms with Crippen LogP contribution in [0.15, 0.2) is 17.5 Å². The SMILES string of the molecule is c1csc([C]2OCCO2)c1. The number of ether oxygens (including phenoxy) is 2. The molecule has 2 heterocycles. The van der Waals surface area contributed by atoms with Gasteiger partial charge in [0.15, 0.2) is 0 Å². The lowest BCUT2D eigenvalue weighted by Gasteiger charge is -2.00. The minimum atomic E-state index is 0.688. The van der Waals surface area contributed by atoms with Crippen molar-refractivity contribution in [3.63, 3.8) is 0 Å². The first-order valence-electron chi connectivity index (χ1n) is 3.13. The second kappa shape index (κ2) is 2.70. The molecule has 0 aromatic carbocycles. The minimum absolute atomic E-state index is 0.688. The second-order valence-corrected chi connectivity index (χ2v) is 2.91. The molecule has 1 radical (unpaired) electrons. The lowest BCUT2D eigenvalue weighted by molar-refractivity contribution is 0.102. The number of rotatable bonds is 1. The Balaban J connectivity index is 2.12. The molecule has 0 bridgehead atoms. The van der Waals surface area contributed by atoms with E-state index in [4.69, 9.17) is 9.47 Å². The van der Waals surface area contributed by atoms with Gasteiger partial charge in [0.2, 0.25) is 0 Å². The van der Waals surface area contributed by atoms with Gasteiger partial charge in [-0.05, 0) is 11.4 Å². The Kier molecular flexibility index (Phi) is 1.71. The highest BCUT2D eigenvalue weighted by atomic mass is 32.1. The van der Waals surface area contributed by atoms with Gasteiger partial charge >= 0.3 is 0 Å². The molecular weight excluding hydrogens is 148 g/mol. The summed E-state index contributed by atoms with van der Waals surface area (Å²) in [6, 6.07) is 3.98. The van der Waals surface area contributed by atoms with E-state index >= 15 is 0 Å². The van der Waals surface area contributed by atoms with Gasteiger partial charge in [0.05, 0.1) is 18.1 Å². The Morgan fingerprint density at radius 3 is 2.70 bits per heavy atom. The molecule has 10 heavy (non-hydrogen) atoms. The van der Waals surface area contributed by atoms with Gasteiger partial charge in [0.1, 0.15) is 0 Å². The third-order valence-corrected chi connectivity index (χ3v) is 2.12. The van der Waals surface area contributed by atoms with Crippen molar-refractivity contribution in [2.75, 3.05) is 13.2 Å². The van der Waals surface area contributed by atoms with Gasteiger partial charge in [-0.25, -0.2) is 0 Å². The molecule has 0 unspecified atom stereocenters. The quantitative estimate of drug-likeness (QED) is 0.613. The molecule has 2 rings (SSSR count). The third-order valence-electron chi connectivity index (χ3n) is 1.27. The average molecular weight is 155 g/mol. The predicted octanol–water partition coefficient (Wildman–Crippen LogP) is 1.63. The molecule has 0 saturated carbocycles. The van der Waals surface area contributed by atoms with E-state index in [0.29, 0.717) is 19.5 Å². The standard InChI is InChI=1S/C7H7O2S/c1-2-6(10-5-1)7-8-3-4-9-7/h1-2,5H,3-4H2. The van der Waals surface area contributed by atoms with Crippen LogP contribution in [0.1, 0.15) is 4.88 Å². The zero-order valence-electron chi connectivity index (χ0n) is 5.37. The molecule has 1 saturated heterocycles. The summed E-state index contributed by atoms with van der Waals surface area (Å²) in [4.78, 5) is 1.08. The van der Waals surface area contributed by atoms with Crippen LogP contribution in [0.3, 0.4) is 0 Å². The first-order chi connectivity index (χ1) is 4.97. The van der Waals surface area contributed by atoms with E-state index < -0.39 is 0 Å². The van der Waals surface area contributed by atoms with Gasteiger partial charge in [-0.2, -0.15) is 0 Å². The van der Waals surface area contributed by atoms with Gasteiger partial charge in [0, 0.05) is 0 Å². The fourth-order valence-corrected chi connectivity index (χ4v) is 1.52. The Morgan fingerprint density at radius 1 is 1.30 bits per heavy atom. The molecule has 2 nitrogen and oxygen atoms in total. The van der Waals surface area contributed by atoms with Crippen molar-refractivity contribution >= 4 is 11.3 Å². The summed E-state index contributed by atoms with van der Waals surface area (Å²) in [7, 11) is 0. The van der Waals surface area contributed by atoms with Crippen LogP contribution in [-0.2, 0) is 9.47 Å². The summed E-state index contributed by atoms with van der Waals surface area (Å²) in [6.45, 7) is 1.38. The minimum Gasteiger partial charge on any atom is -0.338 e. The fraction of sp³-hybridized carbons (Fsp3) is 0.286. The maximum atomic E-state index is 5.20. The van der Waals surface area contributed by atoms with Crippen molar-refractivity contribution in [3.8, 4) is 0 Å². The predicted molar refractivity (Wildman–Crippen MR) is 38.6 cm³/mol. The van der Waals surface area contributed by atoms with E-state index in [-0.39, 0.29) is 0 Å². The lowest BCUT2D eigenvalue weighted by Crippen LogP contribution is -1.94. The lowest BCUT2D eigenvalue weighted by atomic mass is 10.5. The highest BCUT2D eigenvalue weighted by molar-refractivity contribution is 7.10. The molecule has 1 fully saturated rings. The largest absolute Gasteiger partial charge is 0.338 e.